The first-order valence-corrected chi connectivity index (χ1v) is 7.34. The van der Waals surface area contributed by atoms with Gasteiger partial charge >= 0.3 is 0 Å². The maximum atomic E-state index is 11.5. The maximum absolute atomic E-state index is 11.5. The second-order valence-corrected chi connectivity index (χ2v) is 6.34. The van der Waals surface area contributed by atoms with Crippen molar-refractivity contribution in [3.05, 3.63) is 39.9 Å². The highest BCUT2D eigenvalue weighted by molar-refractivity contribution is 7.91. The minimum atomic E-state index is -3.42. The molecule has 0 saturated heterocycles. The number of nitro benzene ring substituents is 1. The number of sulfone groups is 1. The summed E-state index contributed by atoms with van der Waals surface area (Å²) in [5.41, 5.74) is 0.0661. The lowest BCUT2D eigenvalue weighted by Gasteiger charge is -2.19. The number of nitrogens with zero attached hydrogens (tertiary/aromatic N) is 1. The van der Waals surface area contributed by atoms with Crippen molar-refractivity contribution in [2.24, 2.45) is 0 Å². The molecule has 0 heterocycles. The Balaban J connectivity index is 3.13. The Morgan fingerprint density at radius 3 is 2.50 bits per heavy atom. The number of hydrogen-bond donors (Lipinski definition) is 1. The van der Waals surface area contributed by atoms with E-state index in [2.05, 4.69) is 0 Å². The Morgan fingerprint density at radius 1 is 1.44 bits per heavy atom. The quantitative estimate of drug-likeness (QED) is 0.646. The second kappa shape index (κ2) is 5.45. The fourth-order valence-corrected chi connectivity index (χ4v) is 3.03. The van der Waals surface area contributed by atoms with Crippen molar-refractivity contribution in [1.82, 2.24) is 0 Å². The Kier molecular flexibility index (Phi) is 4.42. The average molecular weight is 273 g/mol. The molecule has 1 rings (SSSR count). The molecule has 0 aliphatic rings. The zero-order chi connectivity index (χ0) is 13.9. The van der Waals surface area contributed by atoms with Gasteiger partial charge in [0, 0.05) is 18.4 Å². The van der Waals surface area contributed by atoms with E-state index in [0.29, 0.717) is 0 Å². The lowest BCUT2D eigenvalue weighted by Crippen LogP contribution is -2.26. The number of aliphatic hydroxyl groups is 1. The maximum Gasteiger partial charge on any atom is 0.269 e. The highest BCUT2D eigenvalue weighted by Crippen LogP contribution is 2.26. The first-order valence-electron chi connectivity index (χ1n) is 5.38. The first kappa shape index (κ1) is 14.6. The molecular formula is C11H15NO5S. The average Bonchev–Trinajstić information content (AvgIpc) is 2.28. The van der Waals surface area contributed by atoms with Crippen molar-refractivity contribution in [2.75, 3.05) is 6.26 Å². The third-order valence-electron chi connectivity index (χ3n) is 2.73. The minimum absolute atomic E-state index is 0.171. The molecule has 0 saturated carbocycles. The second-order valence-electron chi connectivity index (χ2n) is 4.07. The van der Waals surface area contributed by atoms with E-state index < -0.39 is 26.1 Å². The fourth-order valence-electron chi connectivity index (χ4n) is 1.80. The monoisotopic (exact) mass is 273 g/mol. The summed E-state index contributed by atoms with van der Waals surface area (Å²) in [4.78, 5) is 10.0. The van der Waals surface area contributed by atoms with E-state index in [1.807, 2.05) is 0 Å². The standard InChI is InChI=1S/C11H15NO5S/c1-3-10(18(2,16)17)11(13)8-5-4-6-9(7-8)12(14)15/h4-7,10-11,13H,3H2,1-2H3. The largest absolute Gasteiger partial charge is 0.387 e. The van der Waals surface area contributed by atoms with Crippen LogP contribution in [0.1, 0.15) is 25.0 Å². The first-order chi connectivity index (χ1) is 8.27. The van der Waals surface area contributed by atoms with Crippen LogP contribution in [-0.2, 0) is 9.84 Å². The molecule has 0 spiro atoms. The van der Waals surface area contributed by atoms with Crippen LogP contribution in [0.3, 0.4) is 0 Å². The molecule has 0 aliphatic heterocycles. The highest BCUT2D eigenvalue weighted by Gasteiger charge is 2.29. The van der Waals surface area contributed by atoms with Gasteiger partial charge in [0.05, 0.1) is 16.3 Å². The van der Waals surface area contributed by atoms with Crippen LogP contribution >= 0.6 is 0 Å². The van der Waals surface area contributed by atoms with Gasteiger partial charge in [0.2, 0.25) is 0 Å². The van der Waals surface area contributed by atoms with Gasteiger partial charge in [-0.05, 0) is 12.0 Å². The lowest BCUT2D eigenvalue weighted by molar-refractivity contribution is -0.385. The molecule has 0 fully saturated rings. The molecular weight excluding hydrogens is 258 g/mol. The number of non-ortho nitro benzene ring substituents is 1. The highest BCUT2D eigenvalue weighted by atomic mass is 32.2. The number of nitro groups is 1. The molecule has 7 heteroatoms. The topological polar surface area (TPSA) is 97.5 Å². The predicted molar refractivity (Wildman–Crippen MR) is 67.0 cm³/mol. The third kappa shape index (κ3) is 3.27. The number of hydrogen-bond acceptors (Lipinski definition) is 5. The zero-order valence-electron chi connectivity index (χ0n) is 10.1. The molecule has 6 nitrogen and oxygen atoms in total. The third-order valence-corrected chi connectivity index (χ3v) is 4.42. The van der Waals surface area contributed by atoms with E-state index in [-0.39, 0.29) is 17.7 Å². The van der Waals surface area contributed by atoms with Gasteiger partial charge in [-0.1, -0.05) is 19.1 Å². The van der Waals surface area contributed by atoms with Gasteiger partial charge in [-0.2, -0.15) is 0 Å². The molecule has 1 aromatic rings. The molecule has 2 unspecified atom stereocenters. The lowest BCUT2D eigenvalue weighted by atomic mass is 10.0. The number of aliphatic hydroxyl groups excluding tert-OH is 1. The van der Waals surface area contributed by atoms with Gasteiger partial charge in [0.25, 0.3) is 5.69 Å². The van der Waals surface area contributed by atoms with Crippen LogP contribution in [0.15, 0.2) is 24.3 Å². The summed E-state index contributed by atoms with van der Waals surface area (Å²) in [6.07, 6.45) is 0.0228. The van der Waals surface area contributed by atoms with E-state index in [4.69, 9.17) is 0 Å². The summed E-state index contributed by atoms with van der Waals surface area (Å²) in [7, 11) is -3.42. The molecule has 1 N–H and O–H groups in total. The van der Waals surface area contributed by atoms with Gasteiger partial charge in [0.15, 0.2) is 9.84 Å². The number of benzene rings is 1. The molecule has 2 atom stereocenters. The molecule has 0 amide bonds. The Labute approximate surface area is 105 Å². The summed E-state index contributed by atoms with van der Waals surface area (Å²) in [5, 5.41) is 19.7. The van der Waals surface area contributed by atoms with Gasteiger partial charge < -0.3 is 5.11 Å². The molecule has 0 aliphatic carbocycles. The van der Waals surface area contributed by atoms with E-state index in [9.17, 15) is 23.6 Å². The minimum Gasteiger partial charge on any atom is -0.387 e. The Morgan fingerprint density at radius 2 is 2.06 bits per heavy atom. The molecule has 18 heavy (non-hydrogen) atoms. The van der Waals surface area contributed by atoms with E-state index in [1.54, 1.807) is 6.92 Å². The van der Waals surface area contributed by atoms with Crippen molar-refractivity contribution in [1.29, 1.82) is 0 Å². The van der Waals surface area contributed by atoms with Crippen LogP contribution in [0.2, 0.25) is 0 Å². The molecule has 1 aromatic carbocycles. The Bertz CT molecular complexity index is 540. The van der Waals surface area contributed by atoms with Crippen LogP contribution in [0.4, 0.5) is 5.69 Å². The Hall–Kier alpha value is -1.47. The van der Waals surface area contributed by atoms with Crippen molar-refractivity contribution in [3.8, 4) is 0 Å². The molecule has 100 valence electrons. The van der Waals surface area contributed by atoms with Gasteiger partial charge in [0.1, 0.15) is 0 Å². The van der Waals surface area contributed by atoms with E-state index >= 15 is 0 Å². The fraction of sp³-hybridized carbons (Fsp3) is 0.455. The zero-order valence-corrected chi connectivity index (χ0v) is 10.9. The van der Waals surface area contributed by atoms with Crippen molar-refractivity contribution >= 4 is 15.5 Å². The number of rotatable bonds is 5. The van der Waals surface area contributed by atoms with E-state index in [1.165, 1.54) is 24.3 Å². The summed E-state index contributed by atoms with van der Waals surface area (Å²) in [6.45, 7) is 1.65. The summed E-state index contributed by atoms with van der Waals surface area (Å²) in [6, 6.07) is 5.38. The normalized spacial score (nSPS) is 15.1. The SMILES string of the molecule is CCC(C(O)c1cccc([N+](=O)[O-])c1)S(C)(=O)=O. The van der Waals surface area contributed by atoms with Gasteiger partial charge in [-0.25, -0.2) is 8.42 Å². The van der Waals surface area contributed by atoms with Gasteiger partial charge in [-0.15, -0.1) is 0 Å². The van der Waals surface area contributed by atoms with Crippen LogP contribution in [0.25, 0.3) is 0 Å². The van der Waals surface area contributed by atoms with Crippen molar-refractivity contribution in [2.45, 2.75) is 24.7 Å². The molecule has 0 bridgehead atoms. The molecule has 0 aromatic heterocycles. The smallest absolute Gasteiger partial charge is 0.269 e. The van der Waals surface area contributed by atoms with E-state index in [0.717, 1.165) is 6.26 Å². The van der Waals surface area contributed by atoms with Crippen LogP contribution in [0, 0.1) is 10.1 Å². The van der Waals surface area contributed by atoms with Crippen molar-refractivity contribution in [3.63, 3.8) is 0 Å². The van der Waals surface area contributed by atoms with Gasteiger partial charge in [-0.3, -0.25) is 10.1 Å². The predicted octanol–water partition coefficient (Wildman–Crippen LogP) is 1.45. The van der Waals surface area contributed by atoms with Crippen molar-refractivity contribution < 1.29 is 18.4 Å². The summed E-state index contributed by atoms with van der Waals surface area (Å²) in [5.74, 6) is 0. The summed E-state index contributed by atoms with van der Waals surface area (Å²) < 4.78 is 23.0. The van der Waals surface area contributed by atoms with Crippen LogP contribution in [0.5, 0.6) is 0 Å². The van der Waals surface area contributed by atoms with Crippen LogP contribution in [-0.4, -0.2) is 30.0 Å². The van der Waals surface area contributed by atoms with Crippen LogP contribution < -0.4 is 0 Å². The summed E-state index contributed by atoms with van der Waals surface area (Å²) >= 11 is 0. The molecule has 0 radical (unpaired) electrons.